The molecule has 0 fully saturated rings. The molecule has 0 unspecified atom stereocenters. The molecular formula is C17H14O. The van der Waals surface area contributed by atoms with Crippen LogP contribution in [-0.4, -0.2) is 5.78 Å². The number of carbonyl (C=O) groups excluding carboxylic acids is 1. The van der Waals surface area contributed by atoms with Gasteiger partial charge in [0.1, 0.15) is 0 Å². The number of fused-ring (bicyclic) bond motifs is 3. The molecule has 0 heterocycles. The van der Waals surface area contributed by atoms with Gasteiger partial charge in [-0.15, -0.1) is 0 Å². The van der Waals surface area contributed by atoms with Crippen molar-refractivity contribution in [3.8, 4) is 11.1 Å². The van der Waals surface area contributed by atoms with Crippen molar-refractivity contribution in [1.29, 1.82) is 0 Å². The van der Waals surface area contributed by atoms with Gasteiger partial charge >= 0.3 is 0 Å². The SMILES string of the molecule is C=C(C)C(=O)c1cccc2c1Cc1ccccc1-2. The van der Waals surface area contributed by atoms with Gasteiger partial charge in [-0.1, -0.05) is 49.0 Å². The van der Waals surface area contributed by atoms with E-state index in [1.54, 1.807) is 6.92 Å². The smallest absolute Gasteiger partial charge is 0.188 e. The van der Waals surface area contributed by atoms with Gasteiger partial charge in [0.15, 0.2) is 5.78 Å². The van der Waals surface area contributed by atoms with Crippen molar-refractivity contribution >= 4 is 5.78 Å². The zero-order valence-electron chi connectivity index (χ0n) is 10.4. The number of hydrogen-bond acceptors (Lipinski definition) is 1. The van der Waals surface area contributed by atoms with Gasteiger partial charge in [-0.05, 0) is 41.2 Å². The molecule has 2 aromatic rings. The molecule has 1 heteroatoms. The van der Waals surface area contributed by atoms with Crippen molar-refractivity contribution in [2.24, 2.45) is 0 Å². The molecule has 88 valence electrons. The summed E-state index contributed by atoms with van der Waals surface area (Å²) in [4.78, 5) is 12.2. The molecule has 1 aliphatic rings. The van der Waals surface area contributed by atoms with Crippen LogP contribution in [0.2, 0.25) is 0 Å². The Morgan fingerprint density at radius 1 is 1.06 bits per heavy atom. The lowest BCUT2D eigenvalue weighted by Crippen LogP contribution is -2.03. The molecule has 0 N–H and O–H groups in total. The second-order valence-corrected chi connectivity index (χ2v) is 4.78. The highest BCUT2D eigenvalue weighted by Gasteiger charge is 2.23. The number of allylic oxidation sites excluding steroid dienone is 1. The van der Waals surface area contributed by atoms with E-state index in [1.165, 1.54) is 16.7 Å². The monoisotopic (exact) mass is 234 g/mol. The van der Waals surface area contributed by atoms with Gasteiger partial charge in [-0.2, -0.15) is 0 Å². The van der Waals surface area contributed by atoms with E-state index in [9.17, 15) is 4.79 Å². The highest BCUT2D eigenvalue weighted by Crippen LogP contribution is 2.38. The summed E-state index contributed by atoms with van der Waals surface area (Å²) in [7, 11) is 0. The van der Waals surface area contributed by atoms with Gasteiger partial charge in [-0.25, -0.2) is 0 Å². The summed E-state index contributed by atoms with van der Waals surface area (Å²) < 4.78 is 0. The third-order valence-electron chi connectivity index (χ3n) is 3.48. The number of benzene rings is 2. The summed E-state index contributed by atoms with van der Waals surface area (Å²) in [6.45, 7) is 5.52. The Bertz CT molecular complexity index is 665. The Kier molecular flexibility index (Phi) is 2.41. The molecule has 3 rings (SSSR count). The highest BCUT2D eigenvalue weighted by atomic mass is 16.1. The molecule has 0 saturated carbocycles. The van der Waals surface area contributed by atoms with E-state index in [0.717, 1.165) is 17.5 Å². The van der Waals surface area contributed by atoms with E-state index in [4.69, 9.17) is 0 Å². The summed E-state index contributed by atoms with van der Waals surface area (Å²) in [6.07, 6.45) is 0.848. The van der Waals surface area contributed by atoms with E-state index >= 15 is 0 Å². The Morgan fingerprint density at radius 2 is 1.78 bits per heavy atom. The summed E-state index contributed by atoms with van der Waals surface area (Å²) in [5.41, 5.74) is 6.29. The van der Waals surface area contributed by atoms with Gasteiger partial charge in [0, 0.05) is 5.56 Å². The van der Waals surface area contributed by atoms with Gasteiger partial charge in [-0.3, -0.25) is 4.79 Å². The molecule has 0 aliphatic heterocycles. The molecule has 0 aromatic heterocycles. The maximum atomic E-state index is 12.2. The maximum absolute atomic E-state index is 12.2. The topological polar surface area (TPSA) is 17.1 Å². The fourth-order valence-electron chi connectivity index (χ4n) is 2.60. The Labute approximate surface area is 107 Å². The Morgan fingerprint density at radius 3 is 2.56 bits per heavy atom. The lowest BCUT2D eigenvalue weighted by atomic mass is 9.96. The van der Waals surface area contributed by atoms with Crippen LogP contribution in [0.5, 0.6) is 0 Å². The molecule has 1 nitrogen and oxygen atoms in total. The standard InChI is InChI=1S/C17H14O/c1-11(2)17(18)15-9-5-8-14-13-7-4-3-6-12(13)10-16(14)15/h3-9H,1,10H2,2H3. The molecule has 2 aromatic carbocycles. The molecule has 0 bridgehead atoms. The van der Waals surface area contributed by atoms with Gasteiger partial charge in [0.05, 0.1) is 0 Å². The molecule has 18 heavy (non-hydrogen) atoms. The first-order chi connectivity index (χ1) is 8.68. The van der Waals surface area contributed by atoms with Crippen LogP contribution in [0, 0.1) is 0 Å². The number of carbonyl (C=O) groups is 1. The van der Waals surface area contributed by atoms with E-state index in [0.29, 0.717) is 5.57 Å². The quantitative estimate of drug-likeness (QED) is 0.483. The van der Waals surface area contributed by atoms with Crippen LogP contribution < -0.4 is 0 Å². The summed E-state index contributed by atoms with van der Waals surface area (Å²) in [5.74, 6) is 0.0552. The van der Waals surface area contributed by atoms with Crippen LogP contribution in [0.15, 0.2) is 54.6 Å². The fraction of sp³-hybridized carbons (Fsp3) is 0.118. The summed E-state index contributed by atoms with van der Waals surface area (Å²) in [6, 6.07) is 14.3. The van der Waals surface area contributed by atoms with Crippen molar-refractivity contribution in [2.45, 2.75) is 13.3 Å². The average molecular weight is 234 g/mol. The minimum atomic E-state index is 0.0552. The molecule has 0 radical (unpaired) electrons. The Hall–Kier alpha value is -2.15. The van der Waals surface area contributed by atoms with Gasteiger partial charge in [0.2, 0.25) is 0 Å². The van der Waals surface area contributed by atoms with Crippen LogP contribution in [-0.2, 0) is 6.42 Å². The third kappa shape index (κ3) is 1.52. The van der Waals surface area contributed by atoms with E-state index in [-0.39, 0.29) is 5.78 Å². The third-order valence-corrected chi connectivity index (χ3v) is 3.48. The number of ketones is 1. The van der Waals surface area contributed by atoms with E-state index in [1.807, 2.05) is 24.3 Å². The second-order valence-electron chi connectivity index (χ2n) is 4.78. The molecule has 0 amide bonds. The zero-order valence-corrected chi connectivity index (χ0v) is 10.4. The van der Waals surface area contributed by atoms with Crippen molar-refractivity contribution in [3.05, 3.63) is 71.3 Å². The first kappa shape index (κ1) is 11.0. The van der Waals surface area contributed by atoms with Crippen LogP contribution in [0.25, 0.3) is 11.1 Å². The van der Waals surface area contributed by atoms with Crippen molar-refractivity contribution in [2.75, 3.05) is 0 Å². The van der Waals surface area contributed by atoms with Gasteiger partial charge in [0.25, 0.3) is 0 Å². The molecule has 1 aliphatic carbocycles. The van der Waals surface area contributed by atoms with Crippen molar-refractivity contribution in [1.82, 2.24) is 0 Å². The first-order valence-electron chi connectivity index (χ1n) is 6.09. The van der Waals surface area contributed by atoms with Crippen LogP contribution in [0.4, 0.5) is 0 Å². The lowest BCUT2D eigenvalue weighted by molar-refractivity contribution is 0.103. The number of hydrogen-bond donors (Lipinski definition) is 0. The largest absolute Gasteiger partial charge is 0.289 e. The first-order valence-corrected chi connectivity index (χ1v) is 6.09. The lowest BCUT2D eigenvalue weighted by Gasteiger charge is -2.07. The maximum Gasteiger partial charge on any atom is 0.188 e. The normalized spacial score (nSPS) is 11.8. The molecule has 0 spiro atoms. The fourth-order valence-corrected chi connectivity index (χ4v) is 2.60. The van der Waals surface area contributed by atoms with Crippen molar-refractivity contribution < 1.29 is 4.79 Å². The summed E-state index contributed by atoms with van der Waals surface area (Å²) >= 11 is 0. The van der Waals surface area contributed by atoms with Crippen LogP contribution in [0.1, 0.15) is 28.4 Å². The number of rotatable bonds is 2. The molecular weight excluding hydrogens is 220 g/mol. The van der Waals surface area contributed by atoms with Crippen LogP contribution >= 0.6 is 0 Å². The van der Waals surface area contributed by atoms with E-state index < -0.39 is 0 Å². The summed E-state index contributed by atoms with van der Waals surface area (Å²) in [5, 5.41) is 0. The van der Waals surface area contributed by atoms with E-state index in [2.05, 4.69) is 24.8 Å². The average Bonchev–Trinajstić information content (AvgIpc) is 2.76. The highest BCUT2D eigenvalue weighted by molar-refractivity contribution is 6.10. The van der Waals surface area contributed by atoms with Gasteiger partial charge < -0.3 is 0 Å². The predicted molar refractivity (Wildman–Crippen MR) is 73.8 cm³/mol. The Balaban J connectivity index is 2.20. The minimum Gasteiger partial charge on any atom is -0.289 e. The predicted octanol–water partition coefficient (Wildman–Crippen LogP) is 4.02. The van der Waals surface area contributed by atoms with Crippen molar-refractivity contribution in [3.63, 3.8) is 0 Å². The molecule has 0 atom stereocenters. The van der Waals surface area contributed by atoms with Crippen LogP contribution in [0.3, 0.4) is 0 Å². The zero-order chi connectivity index (χ0) is 12.7. The second kappa shape index (κ2) is 3.95. The minimum absolute atomic E-state index is 0.0552. The number of Topliss-reactive ketones (excluding diaryl/α,β-unsaturated/α-hetero) is 1. The molecule has 0 saturated heterocycles.